The summed E-state index contributed by atoms with van der Waals surface area (Å²) >= 11 is 0. The van der Waals surface area contributed by atoms with Crippen molar-refractivity contribution in [1.82, 2.24) is 15.2 Å². The van der Waals surface area contributed by atoms with Gasteiger partial charge in [-0.3, -0.25) is 9.78 Å². The molecule has 2 aromatic carbocycles. The highest BCUT2D eigenvalue weighted by atomic mass is 16.5. The summed E-state index contributed by atoms with van der Waals surface area (Å²) in [6.45, 7) is 2.46. The maximum Gasteiger partial charge on any atom is 0.254 e. The minimum atomic E-state index is 0.0513. The van der Waals surface area contributed by atoms with Crippen molar-refractivity contribution in [3.8, 4) is 5.75 Å². The topological polar surface area (TPSA) is 54.5 Å². The highest BCUT2D eigenvalue weighted by Gasteiger charge is 2.24. The van der Waals surface area contributed by atoms with E-state index in [1.54, 1.807) is 18.2 Å². The molecule has 5 nitrogen and oxygen atoms in total. The molecule has 3 aromatic rings. The minimum Gasteiger partial charge on any atom is -0.494 e. The summed E-state index contributed by atoms with van der Waals surface area (Å²) in [4.78, 5) is 19.5. The lowest BCUT2D eigenvalue weighted by atomic mass is 9.93. The minimum absolute atomic E-state index is 0.0513. The quantitative estimate of drug-likeness (QED) is 0.740. The number of amides is 1. The maximum absolute atomic E-state index is 13.3. The number of rotatable bonds is 5. The molecule has 2 heterocycles. The van der Waals surface area contributed by atoms with Crippen LogP contribution in [0.2, 0.25) is 0 Å². The largest absolute Gasteiger partial charge is 0.494 e. The zero-order valence-electron chi connectivity index (χ0n) is 16.3. The number of fused-ring (bicyclic) bond motifs is 1. The Morgan fingerprint density at radius 3 is 2.86 bits per heavy atom. The van der Waals surface area contributed by atoms with Crippen LogP contribution in [-0.2, 0) is 6.54 Å². The third-order valence-corrected chi connectivity index (χ3v) is 5.49. The zero-order valence-corrected chi connectivity index (χ0v) is 16.3. The lowest BCUT2D eigenvalue weighted by Crippen LogP contribution is -2.28. The molecule has 1 atom stereocenters. The highest BCUT2D eigenvalue weighted by molar-refractivity contribution is 5.96. The molecular weight excluding hydrogens is 350 g/mol. The second-order valence-electron chi connectivity index (χ2n) is 7.26. The fourth-order valence-corrected chi connectivity index (χ4v) is 4.01. The Kier molecular flexibility index (Phi) is 5.26. The van der Waals surface area contributed by atoms with Crippen LogP contribution in [0.25, 0.3) is 10.9 Å². The summed E-state index contributed by atoms with van der Waals surface area (Å²) in [5.74, 6) is 1.20. The predicted octanol–water partition coefficient (Wildman–Crippen LogP) is 3.59. The van der Waals surface area contributed by atoms with E-state index in [-0.39, 0.29) is 5.91 Å². The Morgan fingerprint density at radius 2 is 2.07 bits per heavy atom. The van der Waals surface area contributed by atoms with Crippen LogP contribution in [0.5, 0.6) is 5.75 Å². The molecule has 0 spiro atoms. The predicted molar refractivity (Wildman–Crippen MR) is 111 cm³/mol. The van der Waals surface area contributed by atoms with Crippen LogP contribution in [0.4, 0.5) is 0 Å². The summed E-state index contributed by atoms with van der Waals surface area (Å²) in [6.07, 6.45) is 2.83. The molecule has 1 aliphatic rings. The molecule has 1 N–H and O–H groups in total. The Bertz CT molecular complexity index is 996. The fraction of sp³-hybridized carbons (Fsp3) is 0.304. The number of pyridine rings is 1. The van der Waals surface area contributed by atoms with E-state index in [0.29, 0.717) is 12.5 Å². The average molecular weight is 375 g/mol. The molecule has 0 saturated carbocycles. The van der Waals surface area contributed by atoms with Crippen molar-refractivity contribution in [3.63, 3.8) is 0 Å². The average Bonchev–Trinajstić information content (AvgIpc) is 3.28. The number of hydrogen-bond acceptors (Lipinski definition) is 4. The Hall–Kier alpha value is -2.92. The zero-order chi connectivity index (χ0) is 19.5. The van der Waals surface area contributed by atoms with Crippen LogP contribution in [-0.4, -0.2) is 43.0 Å². The number of ether oxygens (including phenoxy) is 1. The van der Waals surface area contributed by atoms with Gasteiger partial charge in [0.2, 0.25) is 0 Å². The number of carbonyl (C=O) groups is 1. The van der Waals surface area contributed by atoms with Gasteiger partial charge in [0.1, 0.15) is 11.3 Å². The van der Waals surface area contributed by atoms with Crippen LogP contribution >= 0.6 is 0 Å². The number of benzene rings is 2. The Morgan fingerprint density at radius 1 is 1.21 bits per heavy atom. The van der Waals surface area contributed by atoms with Gasteiger partial charge in [0.25, 0.3) is 5.91 Å². The molecular formula is C23H25N3O2. The van der Waals surface area contributed by atoms with Crippen molar-refractivity contribution >= 4 is 16.8 Å². The molecule has 1 saturated heterocycles. The number of hydrogen-bond donors (Lipinski definition) is 1. The highest BCUT2D eigenvalue weighted by Crippen LogP contribution is 2.29. The van der Waals surface area contributed by atoms with Crippen LogP contribution in [0.3, 0.4) is 0 Å². The monoisotopic (exact) mass is 375 g/mol. The first-order valence-electron chi connectivity index (χ1n) is 9.64. The van der Waals surface area contributed by atoms with Crippen molar-refractivity contribution in [1.29, 1.82) is 0 Å². The van der Waals surface area contributed by atoms with Gasteiger partial charge in [0.15, 0.2) is 0 Å². The number of methoxy groups -OCH3 is 1. The van der Waals surface area contributed by atoms with Crippen molar-refractivity contribution in [2.24, 2.45) is 0 Å². The normalized spacial score (nSPS) is 16.3. The lowest BCUT2D eigenvalue weighted by Gasteiger charge is -2.22. The maximum atomic E-state index is 13.3. The van der Waals surface area contributed by atoms with Gasteiger partial charge < -0.3 is 15.0 Å². The number of carbonyl (C=O) groups excluding carboxylic acids is 1. The van der Waals surface area contributed by atoms with Gasteiger partial charge in [-0.25, -0.2) is 0 Å². The molecule has 28 heavy (non-hydrogen) atoms. The summed E-state index contributed by atoms with van der Waals surface area (Å²) < 4.78 is 5.43. The van der Waals surface area contributed by atoms with Gasteiger partial charge in [-0.1, -0.05) is 30.3 Å². The van der Waals surface area contributed by atoms with Gasteiger partial charge in [0.05, 0.1) is 7.11 Å². The molecule has 0 unspecified atom stereocenters. The third-order valence-electron chi connectivity index (χ3n) is 5.49. The molecule has 1 fully saturated rings. The smallest absolute Gasteiger partial charge is 0.254 e. The summed E-state index contributed by atoms with van der Waals surface area (Å²) in [5, 5.41) is 4.40. The van der Waals surface area contributed by atoms with Crippen LogP contribution < -0.4 is 10.1 Å². The first-order chi connectivity index (χ1) is 13.7. The van der Waals surface area contributed by atoms with Crippen molar-refractivity contribution in [2.45, 2.75) is 18.9 Å². The van der Waals surface area contributed by atoms with E-state index in [9.17, 15) is 4.79 Å². The van der Waals surface area contributed by atoms with Crippen molar-refractivity contribution in [3.05, 3.63) is 71.4 Å². The number of nitrogens with zero attached hydrogens (tertiary/aromatic N) is 2. The van der Waals surface area contributed by atoms with E-state index in [0.717, 1.165) is 52.9 Å². The van der Waals surface area contributed by atoms with Gasteiger partial charge in [-0.2, -0.15) is 0 Å². The standard InChI is InChI=1S/C23H25N3O2/c1-26(15-17-9-10-21(28-2)22-19(17)8-5-12-25-22)23(27)20-7-4-3-6-18(20)16-11-13-24-14-16/h3-10,12,16,24H,11,13-15H2,1-2H3/t16-/m1/s1. The summed E-state index contributed by atoms with van der Waals surface area (Å²) in [7, 11) is 3.51. The van der Waals surface area contributed by atoms with Crippen molar-refractivity contribution in [2.75, 3.05) is 27.2 Å². The SMILES string of the molecule is COc1ccc(CN(C)C(=O)c2ccccc2[C@@H]2CCNC2)c2cccnc12. The number of nitrogens with one attached hydrogen (secondary N) is 1. The van der Waals surface area contributed by atoms with Crippen LogP contribution in [0.1, 0.15) is 33.8 Å². The molecule has 1 aliphatic heterocycles. The van der Waals surface area contributed by atoms with Gasteiger partial charge >= 0.3 is 0 Å². The summed E-state index contributed by atoms with van der Waals surface area (Å²) in [5.41, 5.74) is 3.82. The Balaban J connectivity index is 1.62. The lowest BCUT2D eigenvalue weighted by molar-refractivity contribution is 0.0784. The molecule has 144 valence electrons. The first kappa shape index (κ1) is 18.4. The van der Waals surface area contributed by atoms with E-state index in [1.807, 2.05) is 49.5 Å². The van der Waals surface area contributed by atoms with E-state index in [4.69, 9.17) is 4.74 Å². The van der Waals surface area contributed by atoms with Gasteiger partial charge in [-0.05, 0) is 48.2 Å². The second-order valence-corrected chi connectivity index (χ2v) is 7.26. The third kappa shape index (κ3) is 3.45. The van der Waals surface area contributed by atoms with E-state index in [2.05, 4.69) is 16.4 Å². The second kappa shape index (κ2) is 7.98. The summed E-state index contributed by atoms with van der Waals surface area (Å²) in [6, 6.07) is 15.9. The molecule has 1 amide bonds. The van der Waals surface area contributed by atoms with Gasteiger partial charge in [-0.15, -0.1) is 0 Å². The molecule has 0 aliphatic carbocycles. The van der Waals surface area contributed by atoms with E-state index >= 15 is 0 Å². The van der Waals surface area contributed by atoms with Gasteiger partial charge in [0, 0.05) is 37.3 Å². The molecule has 1 aromatic heterocycles. The van der Waals surface area contributed by atoms with E-state index in [1.165, 1.54) is 0 Å². The molecule has 5 heteroatoms. The van der Waals surface area contributed by atoms with Crippen LogP contribution in [0, 0.1) is 0 Å². The van der Waals surface area contributed by atoms with Crippen molar-refractivity contribution < 1.29 is 9.53 Å². The molecule has 0 bridgehead atoms. The van der Waals surface area contributed by atoms with Crippen LogP contribution in [0.15, 0.2) is 54.7 Å². The Labute approximate surface area is 165 Å². The van der Waals surface area contributed by atoms with E-state index < -0.39 is 0 Å². The molecule has 4 rings (SSSR count). The number of aromatic nitrogens is 1. The first-order valence-corrected chi connectivity index (χ1v) is 9.64. The fourth-order valence-electron chi connectivity index (χ4n) is 4.01. The molecule has 0 radical (unpaired) electrons.